The van der Waals surface area contributed by atoms with Gasteiger partial charge in [-0.15, -0.1) is 0 Å². The first-order valence-electron chi connectivity index (χ1n) is 3.60. The molecule has 2 atom stereocenters. The van der Waals surface area contributed by atoms with Gasteiger partial charge in [-0.05, 0) is 6.42 Å². The Balaban J connectivity index is 2.46. The average Bonchev–Trinajstić information content (AvgIpc) is 2.31. The molecule has 0 saturated carbocycles. The fourth-order valence-corrected chi connectivity index (χ4v) is 1.73. The van der Waals surface area contributed by atoms with E-state index in [2.05, 4.69) is 23.3 Å². The van der Waals surface area contributed by atoms with Crippen molar-refractivity contribution in [1.82, 2.24) is 10.6 Å². The molecule has 0 spiro atoms. The SMILES string of the molecule is [B]C(=O)N[C@@H]1C[C@H](CS)NC1=S. The van der Waals surface area contributed by atoms with E-state index in [0.29, 0.717) is 10.7 Å². The van der Waals surface area contributed by atoms with Gasteiger partial charge in [-0.3, -0.25) is 4.79 Å². The number of carbonyl (C=O) groups excluding carboxylic acids is 1. The Morgan fingerprint density at radius 3 is 3.00 bits per heavy atom. The number of carbonyl (C=O) groups is 1. The van der Waals surface area contributed by atoms with Crippen molar-refractivity contribution >= 4 is 43.5 Å². The molecule has 1 rings (SSSR count). The second-order valence-electron chi connectivity index (χ2n) is 2.68. The Morgan fingerprint density at radius 2 is 2.58 bits per heavy atom. The van der Waals surface area contributed by atoms with Crippen molar-refractivity contribution in [2.45, 2.75) is 18.5 Å². The van der Waals surface area contributed by atoms with Gasteiger partial charge in [-0.2, -0.15) is 12.6 Å². The highest BCUT2D eigenvalue weighted by atomic mass is 32.1. The molecule has 1 aliphatic rings. The molecule has 1 heterocycles. The Bertz CT molecular complexity index is 212. The van der Waals surface area contributed by atoms with E-state index in [1.807, 2.05) is 0 Å². The van der Waals surface area contributed by atoms with Crippen LogP contribution in [0.4, 0.5) is 4.79 Å². The predicted molar refractivity (Wildman–Crippen MR) is 56.1 cm³/mol. The minimum atomic E-state index is -0.538. The van der Waals surface area contributed by atoms with Gasteiger partial charge in [-0.25, -0.2) is 0 Å². The van der Waals surface area contributed by atoms with E-state index >= 15 is 0 Å². The van der Waals surface area contributed by atoms with Crippen LogP contribution >= 0.6 is 24.8 Å². The molecule has 64 valence electrons. The fraction of sp³-hybridized carbons (Fsp3) is 0.667. The summed E-state index contributed by atoms with van der Waals surface area (Å²) < 4.78 is 0. The highest BCUT2D eigenvalue weighted by Crippen LogP contribution is 2.10. The topological polar surface area (TPSA) is 41.1 Å². The van der Waals surface area contributed by atoms with E-state index in [4.69, 9.17) is 20.1 Å². The molecule has 2 radical (unpaired) electrons. The molecule has 0 aromatic rings. The van der Waals surface area contributed by atoms with Crippen LogP contribution in [0.2, 0.25) is 0 Å². The van der Waals surface area contributed by atoms with Crippen LogP contribution < -0.4 is 10.6 Å². The van der Waals surface area contributed by atoms with E-state index in [9.17, 15) is 4.79 Å². The van der Waals surface area contributed by atoms with E-state index in [-0.39, 0.29) is 12.1 Å². The summed E-state index contributed by atoms with van der Waals surface area (Å²) in [7, 11) is 4.96. The average molecular weight is 200 g/mol. The van der Waals surface area contributed by atoms with Crippen molar-refractivity contribution in [2.24, 2.45) is 0 Å². The van der Waals surface area contributed by atoms with Crippen LogP contribution in [0.25, 0.3) is 0 Å². The molecular formula is C6H9BN2OS2. The first-order chi connectivity index (χ1) is 5.63. The third kappa shape index (κ3) is 2.38. The monoisotopic (exact) mass is 200 g/mol. The molecule has 0 aromatic heterocycles. The maximum absolute atomic E-state index is 10.5. The lowest BCUT2D eigenvalue weighted by molar-refractivity contribution is 0.258. The van der Waals surface area contributed by atoms with Gasteiger partial charge >= 0.3 is 0 Å². The van der Waals surface area contributed by atoms with Gasteiger partial charge in [0.2, 0.25) is 7.85 Å². The molecule has 1 aliphatic heterocycles. The Kier molecular flexibility index (Phi) is 3.40. The van der Waals surface area contributed by atoms with E-state index in [1.165, 1.54) is 0 Å². The van der Waals surface area contributed by atoms with Crippen LogP contribution in [-0.4, -0.2) is 36.5 Å². The van der Waals surface area contributed by atoms with Gasteiger partial charge in [0, 0.05) is 11.8 Å². The smallest absolute Gasteiger partial charge is 0.200 e. The summed E-state index contributed by atoms with van der Waals surface area (Å²) in [5.41, 5.74) is 0. The van der Waals surface area contributed by atoms with Gasteiger partial charge in [0.05, 0.1) is 11.0 Å². The van der Waals surface area contributed by atoms with Crippen molar-refractivity contribution in [1.29, 1.82) is 0 Å². The summed E-state index contributed by atoms with van der Waals surface area (Å²) in [6.07, 6.45) is 0.769. The van der Waals surface area contributed by atoms with Crippen LogP contribution in [0.15, 0.2) is 0 Å². The molecule has 0 unspecified atom stereocenters. The molecule has 0 aromatic carbocycles. The second-order valence-corrected chi connectivity index (χ2v) is 3.49. The molecule has 1 fully saturated rings. The number of nitrogens with one attached hydrogen (secondary N) is 2. The number of hydrogen-bond donors (Lipinski definition) is 3. The Morgan fingerprint density at radius 1 is 1.92 bits per heavy atom. The number of thiol groups is 1. The first kappa shape index (κ1) is 9.86. The first-order valence-corrected chi connectivity index (χ1v) is 4.64. The van der Waals surface area contributed by atoms with Crippen LogP contribution in [0.3, 0.4) is 0 Å². The summed E-state index contributed by atoms with van der Waals surface area (Å²) >= 11 is 9.11. The zero-order chi connectivity index (χ0) is 9.14. The lowest BCUT2D eigenvalue weighted by atomic mass is 10.1. The third-order valence-electron chi connectivity index (χ3n) is 1.72. The summed E-state index contributed by atoms with van der Waals surface area (Å²) in [4.78, 5) is 11.1. The van der Waals surface area contributed by atoms with Crippen molar-refractivity contribution < 1.29 is 4.79 Å². The van der Waals surface area contributed by atoms with Crippen LogP contribution in [0, 0.1) is 0 Å². The number of thiocarbonyl (C=S) groups is 1. The normalized spacial score (nSPS) is 28.2. The van der Waals surface area contributed by atoms with Crippen molar-refractivity contribution in [3.05, 3.63) is 0 Å². The predicted octanol–water partition coefficient (Wildman–Crippen LogP) is -0.148. The van der Waals surface area contributed by atoms with Crippen LogP contribution in [0.1, 0.15) is 6.42 Å². The minimum absolute atomic E-state index is 0.116. The van der Waals surface area contributed by atoms with Crippen LogP contribution in [-0.2, 0) is 0 Å². The van der Waals surface area contributed by atoms with Crippen molar-refractivity contribution in [2.75, 3.05) is 5.75 Å². The fourth-order valence-electron chi connectivity index (χ4n) is 1.17. The standard InChI is InChI=1S/C6H9BN2OS2/c7-6(10)9-4-1-3(2-11)8-5(4)12/h3-4,11H,1-2H2,(H,8,12)(H,9,10)/t3-,4-/m1/s1. The largest absolute Gasteiger partial charge is 0.374 e. The van der Waals surface area contributed by atoms with Crippen LogP contribution in [0.5, 0.6) is 0 Å². The molecule has 1 saturated heterocycles. The molecule has 0 bridgehead atoms. The maximum Gasteiger partial charge on any atom is 0.200 e. The summed E-state index contributed by atoms with van der Waals surface area (Å²) in [6.45, 7) is 0. The lowest BCUT2D eigenvalue weighted by Crippen LogP contribution is -2.38. The van der Waals surface area contributed by atoms with Crippen molar-refractivity contribution in [3.63, 3.8) is 0 Å². The quantitative estimate of drug-likeness (QED) is 0.330. The summed E-state index contributed by atoms with van der Waals surface area (Å²) in [5.74, 6) is 0.167. The van der Waals surface area contributed by atoms with Gasteiger partial charge in [0.15, 0.2) is 5.81 Å². The highest BCUT2D eigenvalue weighted by molar-refractivity contribution is 7.80. The Labute approximate surface area is 83.5 Å². The van der Waals surface area contributed by atoms with Gasteiger partial charge in [-0.1, -0.05) is 12.2 Å². The Hall–Kier alpha value is -0.225. The molecular weight excluding hydrogens is 191 g/mol. The zero-order valence-electron chi connectivity index (χ0n) is 6.41. The van der Waals surface area contributed by atoms with Gasteiger partial charge in [0.25, 0.3) is 0 Å². The minimum Gasteiger partial charge on any atom is -0.374 e. The van der Waals surface area contributed by atoms with E-state index < -0.39 is 5.81 Å². The molecule has 6 heteroatoms. The maximum atomic E-state index is 10.5. The number of amides is 1. The van der Waals surface area contributed by atoms with Crippen molar-refractivity contribution in [3.8, 4) is 0 Å². The number of rotatable bonds is 2. The van der Waals surface area contributed by atoms with Gasteiger partial charge < -0.3 is 10.6 Å². The van der Waals surface area contributed by atoms with E-state index in [1.54, 1.807) is 0 Å². The molecule has 12 heavy (non-hydrogen) atoms. The highest BCUT2D eigenvalue weighted by Gasteiger charge is 2.27. The van der Waals surface area contributed by atoms with Gasteiger partial charge in [0.1, 0.15) is 0 Å². The summed E-state index contributed by atoms with van der Waals surface area (Å²) in [6, 6.07) is 0.132. The third-order valence-corrected chi connectivity index (χ3v) is 2.56. The number of hydrogen-bond acceptors (Lipinski definition) is 3. The molecule has 1 amide bonds. The zero-order valence-corrected chi connectivity index (χ0v) is 8.12. The molecule has 0 aliphatic carbocycles. The summed E-state index contributed by atoms with van der Waals surface area (Å²) in [5, 5.41) is 5.60. The lowest BCUT2D eigenvalue weighted by Gasteiger charge is -2.08. The molecule has 2 N–H and O–H groups in total. The van der Waals surface area contributed by atoms with E-state index in [0.717, 1.165) is 6.42 Å². The second kappa shape index (κ2) is 4.14. The molecule has 3 nitrogen and oxygen atoms in total.